The Kier molecular flexibility index (Phi) is 5.61. The zero-order valence-electron chi connectivity index (χ0n) is 14.7. The number of nitrogens with one attached hydrogen (secondary N) is 1. The highest BCUT2D eigenvalue weighted by Gasteiger charge is 2.33. The number of nitrogens with two attached hydrogens (primary N) is 1. The Balaban J connectivity index is 0.00000196. The Morgan fingerprint density at radius 1 is 1.38 bits per heavy atom. The van der Waals surface area contributed by atoms with E-state index in [9.17, 15) is 4.79 Å². The number of hydrogen-bond donors (Lipinski definition) is 2. The predicted octanol–water partition coefficient (Wildman–Crippen LogP) is 3.60. The van der Waals surface area contributed by atoms with Crippen LogP contribution >= 0.6 is 24.0 Å². The van der Waals surface area contributed by atoms with Crippen LogP contribution in [0.25, 0.3) is 5.69 Å². The number of aryl methyl sites for hydroxylation is 1. The lowest BCUT2D eigenvalue weighted by molar-refractivity contribution is 0.0949. The molecule has 1 unspecified atom stereocenters. The van der Waals surface area contributed by atoms with Gasteiger partial charge < -0.3 is 11.1 Å². The molecule has 0 spiro atoms. The van der Waals surface area contributed by atoms with Gasteiger partial charge in [0.1, 0.15) is 0 Å². The van der Waals surface area contributed by atoms with Crippen LogP contribution in [0.15, 0.2) is 24.4 Å². The molecule has 4 rings (SSSR count). The van der Waals surface area contributed by atoms with Gasteiger partial charge in [0, 0.05) is 23.5 Å². The highest BCUT2D eigenvalue weighted by atomic mass is 35.5. The van der Waals surface area contributed by atoms with Gasteiger partial charge in [-0.15, -0.1) is 12.4 Å². The average Bonchev–Trinajstić information content (AvgIpc) is 3.52. The van der Waals surface area contributed by atoms with E-state index in [1.165, 1.54) is 12.8 Å². The fourth-order valence-corrected chi connectivity index (χ4v) is 3.37. The second kappa shape index (κ2) is 7.59. The smallest absolute Gasteiger partial charge is 0.254 e. The van der Waals surface area contributed by atoms with E-state index in [2.05, 4.69) is 10.4 Å². The molecule has 1 aromatic heterocycles. The molecule has 3 N–H and O–H groups in total. The summed E-state index contributed by atoms with van der Waals surface area (Å²) in [6.45, 7) is 2.49. The summed E-state index contributed by atoms with van der Waals surface area (Å²) in [5.74, 6) is 0.878. The van der Waals surface area contributed by atoms with Crippen LogP contribution in [0.5, 0.6) is 0 Å². The molecule has 140 valence electrons. The first-order valence-electron chi connectivity index (χ1n) is 8.93. The molecule has 2 aliphatic carbocycles. The lowest BCUT2D eigenvalue weighted by Gasteiger charge is -2.13. The van der Waals surface area contributed by atoms with Gasteiger partial charge in [-0.3, -0.25) is 4.79 Å². The van der Waals surface area contributed by atoms with E-state index in [1.807, 2.05) is 29.8 Å². The van der Waals surface area contributed by atoms with Crippen molar-refractivity contribution < 1.29 is 4.79 Å². The van der Waals surface area contributed by atoms with Crippen molar-refractivity contribution in [1.29, 1.82) is 0 Å². The summed E-state index contributed by atoms with van der Waals surface area (Å²) in [7, 11) is 0. The summed E-state index contributed by atoms with van der Waals surface area (Å²) in [6.07, 6.45) is 6.20. The minimum Gasteiger partial charge on any atom is -0.350 e. The molecule has 7 heteroatoms. The predicted molar refractivity (Wildman–Crippen MR) is 106 cm³/mol. The molecule has 2 aliphatic rings. The molecule has 2 fully saturated rings. The molecule has 1 atom stereocenters. The first-order chi connectivity index (χ1) is 12.0. The summed E-state index contributed by atoms with van der Waals surface area (Å²) in [4.78, 5) is 12.7. The van der Waals surface area contributed by atoms with E-state index in [0.717, 1.165) is 29.8 Å². The Hall–Kier alpha value is -1.56. The highest BCUT2D eigenvalue weighted by molar-refractivity contribution is 6.31. The first-order valence-corrected chi connectivity index (χ1v) is 9.30. The van der Waals surface area contributed by atoms with Gasteiger partial charge in [-0.05, 0) is 56.2 Å². The SMILES string of the molecule is Cc1ccc(-n2ncc(C(=O)NCC(N)C3CC3)c2C2CC2)cc1Cl.Cl. The summed E-state index contributed by atoms with van der Waals surface area (Å²) in [5, 5.41) is 8.17. The van der Waals surface area contributed by atoms with E-state index in [0.29, 0.717) is 29.0 Å². The molecule has 1 aromatic carbocycles. The van der Waals surface area contributed by atoms with Crippen LogP contribution in [0.2, 0.25) is 5.02 Å². The standard InChI is InChI=1S/C19H23ClN4O.ClH/c1-11-2-7-14(8-16(11)20)24-18(13-5-6-13)15(9-23-24)19(25)22-10-17(21)12-3-4-12;/h2,7-9,12-13,17H,3-6,10,21H2,1H3,(H,22,25);1H. The topological polar surface area (TPSA) is 72.9 Å². The maximum atomic E-state index is 12.7. The lowest BCUT2D eigenvalue weighted by Crippen LogP contribution is -2.38. The monoisotopic (exact) mass is 394 g/mol. The number of hydrogen-bond acceptors (Lipinski definition) is 3. The van der Waals surface area contributed by atoms with Crippen molar-refractivity contribution in [1.82, 2.24) is 15.1 Å². The van der Waals surface area contributed by atoms with E-state index in [1.54, 1.807) is 6.20 Å². The molecular weight excluding hydrogens is 371 g/mol. The molecule has 0 radical (unpaired) electrons. The zero-order valence-corrected chi connectivity index (χ0v) is 16.3. The summed E-state index contributed by atoms with van der Waals surface area (Å²) in [6, 6.07) is 5.93. The van der Waals surface area contributed by atoms with Crippen molar-refractivity contribution in [2.24, 2.45) is 11.7 Å². The number of nitrogens with zero attached hydrogens (tertiary/aromatic N) is 2. The van der Waals surface area contributed by atoms with Crippen LogP contribution in [-0.2, 0) is 0 Å². The second-order valence-electron chi connectivity index (χ2n) is 7.27. The maximum absolute atomic E-state index is 12.7. The quantitative estimate of drug-likeness (QED) is 0.785. The minimum atomic E-state index is -0.0811. The van der Waals surface area contributed by atoms with Gasteiger partial charge in [0.05, 0.1) is 23.1 Å². The van der Waals surface area contributed by atoms with E-state index >= 15 is 0 Å². The third kappa shape index (κ3) is 3.90. The molecule has 2 aromatic rings. The fraction of sp³-hybridized carbons (Fsp3) is 0.474. The molecule has 0 bridgehead atoms. The van der Waals surface area contributed by atoms with Crippen molar-refractivity contribution in [2.75, 3.05) is 6.54 Å². The van der Waals surface area contributed by atoms with Gasteiger partial charge in [0.25, 0.3) is 5.91 Å². The molecule has 26 heavy (non-hydrogen) atoms. The molecule has 1 heterocycles. The molecular formula is C19H24Cl2N4O. The van der Waals surface area contributed by atoms with Gasteiger partial charge in [0.15, 0.2) is 0 Å². The Morgan fingerprint density at radius 3 is 2.73 bits per heavy atom. The number of halogens is 2. The second-order valence-corrected chi connectivity index (χ2v) is 7.68. The van der Waals surface area contributed by atoms with Crippen LogP contribution < -0.4 is 11.1 Å². The Bertz CT molecular complexity index is 812. The molecule has 0 saturated heterocycles. The summed E-state index contributed by atoms with van der Waals surface area (Å²) in [5.41, 5.74) is 9.65. The molecule has 0 aliphatic heterocycles. The third-order valence-electron chi connectivity index (χ3n) is 5.14. The molecule has 5 nitrogen and oxygen atoms in total. The normalized spacial score (nSPS) is 17.5. The molecule has 1 amide bonds. The largest absolute Gasteiger partial charge is 0.350 e. The summed E-state index contributed by atoms with van der Waals surface area (Å²) >= 11 is 6.27. The van der Waals surface area contributed by atoms with Gasteiger partial charge in [-0.1, -0.05) is 17.7 Å². The van der Waals surface area contributed by atoms with Gasteiger partial charge in [-0.2, -0.15) is 5.10 Å². The van der Waals surface area contributed by atoms with Crippen molar-refractivity contribution in [3.05, 3.63) is 46.2 Å². The first kappa shape index (κ1) is 19.2. The third-order valence-corrected chi connectivity index (χ3v) is 5.55. The number of carbonyl (C=O) groups is 1. The van der Waals surface area contributed by atoms with Crippen LogP contribution in [0.1, 0.15) is 53.2 Å². The minimum absolute atomic E-state index is 0. The van der Waals surface area contributed by atoms with Crippen LogP contribution in [0, 0.1) is 12.8 Å². The zero-order chi connectivity index (χ0) is 17.6. The van der Waals surface area contributed by atoms with Gasteiger partial charge >= 0.3 is 0 Å². The van der Waals surface area contributed by atoms with Crippen LogP contribution in [-0.4, -0.2) is 28.3 Å². The van der Waals surface area contributed by atoms with E-state index in [-0.39, 0.29) is 24.4 Å². The van der Waals surface area contributed by atoms with Gasteiger partial charge in [0.2, 0.25) is 0 Å². The number of rotatable bonds is 6. The van der Waals surface area contributed by atoms with Crippen LogP contribution in [0.3, 0.4) is 0 Å². The van der Waals surface area contributed by atoms with E-state index in [4.69, 9.17) is 17.3 Å². The van der Waals surface area contributed by atoms with E-state index < -0.39 is 0 Å². The van der Waals surface area contributed by atoms with Crippen molar-refractivity contribution in [2.45, 2.75) is 44.6 Å². The van der Waals surface area contributed by atoms with Crippen LogP contribution in [0.4, 0.5) is 0 Å². The number of benzene rings is 1. The van der Waals surface area contributed by atoms with Crippen molar-refractivity contribution in [3.8, 4) is 5.69 Å². The highest BCUT2D eigenvalue weighted by Crippen LogP contribution is 2.42. The van der Waals surface area contributed by atoms with Gasteiger partial charge in [-0.25, -0.2) is 4.68 Å². The average molecular weight is 395 g/mol. The Morgan fingerprint density at radius 2 is 2.12 bits per heavy atom. The fourth-order valence-electron chi connectivity index (χ4n) is 3.20. The summed E-state index contributed by atoms with van der Waals surface area (Å²) < 4.78 is 1.86. The van der Waals surface area contributed by atoms with Crippen molar-refractivity contribution in [3.63, 3.8) is 0 Å². The molecule has 2 saturated carbocycles. The number of amides is 1. The van der Waals surface area contributed by atoms with Crippen molar-refractivity contribution >= 4 is 29.9 Å². The lowest BCUT2D eigenvalue weighted by atomic mass is 10.1. The maximum Gasteiger partial charge on any atom is 0.254 e. The number of aromatic nitrogens is 2. The number of carbonyl (C=O) groups excluding carboxylic acids is 1. The Labute approximate surface area is 164 Å².